The van der Waals surface area contributed by atoms with Gasteiger partial charge in [-0.3, -0.25) is 4.79 Å². The third kappa shape index (κ3) is 1.64. The number of hydrogen-bond acceptors (Lipinski definition) is 3. The molecule has 2 fully saturated rings. The zero-order chi connectivity index (χ0) is 13.0. The zero-order valence-electron chi connectivity index (χ0n) is 10.0. The second kappa shape index (κ2) is 3.55. The molecule has 0 aromatic heterocycles. The molecule has 6 heteroatoms. The third-order valence-electron chi connectivity index (χ3n) is 3.52. The minimum Gasteiger partial charge on any atom is -0.347 e. The summed E-state index contributed by atoms with van der Waals surface area (Å²) in [7, 11) is -3.40. The number of amides is 1. The van der Waals surface area contributed by atoms with Crippen molar-refractivity contribution in [2.24, 2.45) is 0 Å². The van der Waals surface area contributed by atoms with Gasteiger partial charge in [0.2, 0.25) is 15.9 Å². The van der Waals surface area contributed by atoms with Crippen LogP contribution >= 0.6 is 0 Å². The van der Waals surface area contributed by atoms with Gasteiger partial charge in [0.05, 0.1) is 16.9 Å². The summed E-state index contributed by atoms with van der Waals surface area (Å²) >= 11 is 0. The number of carbonyl (C=O) groups excluding carboxylic acids is 1. The smallest absolute Gasteiger partial charge is 0.243 e. The summed E-state index contributed by atoms with van der Waals surface area (Å²) in [6.07, 6.45) is 0.437. The third-order valence-corrected chi connectivity index (χ3v) is 5.33. The lowest BCUT2D eigenvalue weighted by atomic mass is 9.81. The van der Waals surface area contributed by atoms with Crippen molar-refractivity contribution in [2.45, 2.75) is 23.8 Å². The highest BCUT2D eigenvalue weighted by Gasteiger charge is 2.55. The Labute approximate surface area is 106 Å². The molecule has 0 radical (unpaired) electrons. The lowest BCUT2D eigenvalue weighted by Gasteiger charge is -2.54. The molecule has 5 nitrogen and oxygen atoms in total. The van der Waals surface area contributed by atoms with Gasteiger partial charge in [0, 0.05) is 13.1 Å². The second-order valence-electron chi connectivity index (χ2n) is 5.09. The van der Waals surface area contributed by atoms with Crippen LogP contribution in [0.5, 0.6) is 0 Å². The Kier molecular flexibility index (Phi) is 2.30. The molecule has 18 heavy (non-hydrogen) atoms. The predicted octanol–water partition coefficient (Wildman–Crippen LogP) is 0.258. The summed E-state index contributed by atoms with van der Waals surface area (Å²) in [6.45, 7) is 2.68. The van der Waals surface area contributed by atoms with Crippen molar-refractivity contribution in [3.8, 4) is 0 Å². The Morgan fingerprint density at radius 3 is 2.28 bits per heavy atom. The summed E-state index contributed by atoms with van der Waals surface area (Å²) in [5, 5.41) is 2.77. The monoisotopic (exact) mass is 266 g/mol. The van der Waals surface area contributed by atoms with Crippen LogP contribution in [-0.4, -0.2) is 37.3 Å². The Morgan fingerprint density at radius 1 is 1.22 bits per heavy atom. The summed E-state index contributed by atoms with van der Waals surface area (Å²) in [6, 6.07) is 6.81. The van der Waals surface area contributed by atoms with Crippen LogP contribution in [0.4, 0.5) is 0 Å². The number of β-lactam (4-membered cyclic amide) rings is 1. The standard InChI is InChI=1S/C12H14N2O3S/c1-9-2-4-10(5-3-9)18(16,17)14-7-12(8-14)6-11(15)13-12/h2-5H,6-8H2,1H3,(H,13,15). The maximum absolute atomic E-state index is 12.2. The largest absolute Gasteiger partial charge is 0.347 e. The molecule has 2 aliphatic heterocycles. The van der Waals surface area contributed by atoms with Crippen LogP contribution in [0.15, 0.2) is 29.2 Å². The number of nitrogens with one attached hydrogen (secondary N) is 1. The molecule has 2 aliphatic rings. The molecule has 0 unspecified atom stereocenters. The van der Waals surface area contributed by atoms with Gasteiger partial charge in [-0.05, 0) is 19.1 Å². The first-order valence-electron chi connectivity index (χ1n) is 5.79. The predicted molar refractivity (Wildman–Crippen MR) is 65.4 cm³/mol. The highest BCUT2D eigenvalue weighted by molar-refractivity contribution is 7.89. The highest BCUT2D eigenvalue weighted by atomic mass is 32.2. The fraction of sp³-hybridized carbons (Fsp3) is 0.417. The minimum absolute atomic E-state index is 0.00221. The molecule has 3 rings (SSSR count). The van der Waals surface area contributed by atoms with E-state index in [0.717, 1.165) is 5.56 Å². The first kappa shape index (κ1) is 11.7. The fourth-order valence-corrected chi connectivity index (χ4v) is 4.05. The van der Waals surface area contributed by atoms with Gasteiger partial charge in [0.25, 0.3) is 0 Å². The Balaban J connectivity index is 1.77. The van der Waals surface area contributed by atoms with Gasteiger partial charge in [-0.15, -0.1) is 0 Å². The van der Waals surface area contributed by atoms with E-state index in [2.05, 4.69) is 5.32 Å². The van der Waals surface area contributed by atoms with E-state index in [1.807, 2.05) is 6.92 Å². The van der Waals surface area contributed by atoms with E-state index >= 15 is 0 Å². The molecule has 1 aromatic rings. The molecule has 2 heterocycles. The number of hydrogen-bond donors (Lipinski definition) is 1. The maximum atomic E-state index is 12.2. The normalized spacial score (nSPS) is 22.2. The molecule has 1 aromatic carbocycles. The second-order valence-corrected chi connectivity index (χ2v) is 7.03. The molecule has 0 atom stereocenters. The lowest BCUT2D eigenvalue weighted by molar-refractivity contribution is -0.137. The minimum atomic E-state index is -3.40. The van der Waals surface area contributed by atoms with Gasteiger partial charge >= 0.3 is 0 Å². The van der Waals surface area contributed by atoms with Crippen molar-refractivity contribution < 1.29 is 13.2 Å². The van der Waals surface area contributed by atoms with Crippen LogP contribution in [0.2, 0.25) is 0 Å². The van der Waals surface area contributed by atoms with Crippen molar-refractivity contribution in [1.82, 2.24) is 9.62 Å². The summed E-state index contributed by atoms with van der Waals surface area (Å²) < 4.78 is 25.9. The number of carbonyl (C=O) groups is 1. The highest BCUT2D eigenvalue weighted by Crippen LogP contribution is 2.34. The number of sulfonamides is 1. The van der Waals surface area contributed by atoms with Gasteiger partial charge < -0.3 is 5.32 Å². The number of aryl methyl sites for hydroxylation is 1. The van der Waals surface area contributed by atoms with E-state index in [1.165, 1.54) is 4.31 Å². The van der Waals surface area contributed by atoms with E-state index < -0.39 is 10.0 Å². The first-order chi connectivity index (χ1) is 8.41. The molecule has 96 valence electrons. The van der Waals surface area contributed by atoms with Gasteiger partial charge in [0.15, 0.2) is 0 Å². The summed E-state index contributed by atoms with van der Waals surface area (Å²) in [5.41, 5.74) is 0.745. The van der Waals surface area contributed by atoms with Gasteiger partial charge in [0.1, 0.15) is 0 Å². The average molecular weight is 266 g/mol. The molecule has 1 N–H and O–H groups in total. The van der Waals surface area contributed by atoms with E-state index in [0.29, 0.717) is 24.4 Å². The van der Waals surface area contributed by atoms with Crippen LogP contribution in [0.3, 0.4) is 0 Å². The van der Waals surface area contributed by atoms with Gasteiger partial charge in [-0.1, -0.05) is 17.7 Å². The Morgan fingerprint density at radius 2 is 1.78 bits per heavy atom. The van der Waals surface area contributed by atoms with Crippen LogP contribution in [0.25, 0.3) is 0 Å². The van der Waals surface area contributed by atoms with E-state index in [1.54, 1.807) is 24.3 Å². The van der Waals surface area contributed by atoms with Gasteiger partial charge in [-0.25, -0.2) is 8.42 Å². The molecule has 1 amide bonds. The quantitative estimate of drug-likeness (QED) is 0.781. The first-order valence-corrected chi connectivity index (χ1v) is 7.23. The molecule has 1 spiro atoms. The SMILES string of the molecule is Cc1ccc(S(=O)(=O)N2CC3(CC(=O)N3)C2)cc1. The average Bonchev–Trinajstić information content (AvgIpc) is 2.21. The number of benzene rings is 1. The zero-order valence-corrected chi connectivity index (χ0v) is 10.8. The van der Waals surface area contributed by atoms with Crippen molar-refractivity contribution in [2.75, 3.05) is 13.1 Å². The molecule has 0 bridgehead atoms. The fourth-order valence-electron chi connectivity index (χ4n) is 2.43. The molecule has 0 aliphatic carbocycles. The van der Waals surface area contributed by atoms with Gasteiger partial charge in [-0.2, -0.15) is 4.31 Å². The molecule has 2 saturated heterocycles. The van der Waals surface area contributed by atoms with Crippen LogP contribution in [-0.2, 0) is 14.8 Å². The topological polar surface area (TPSA) is 66.5 Å². The van der Waals surface area contributed by atoms with Crippen molar-refractivity contribution in [1.29, 1.82) is 0 Å². The van der Waals surface area contributed by atoms with Crippen LogP contribution in [0.1, 0.15) is 12.0 Å². The van der Waals surface area contributed by atoms with E-state index in [9.17, 15) is 13.2 Å². The van der Waals surface area contributed by atoms with Crippen molar-refractivity contribution in [3.63, 3.8) is 0 Å². The number of nitrogens with zero attached hydrogens (tertiary/aromatic N) is 1. The van der Waals surface area contributed by atoms with Crippen LogP contribution in [0, 0.1) is 6.92 Å². The molecular formula is C12H14N2O3S. The number of rotatable bonds is 2. The molecular weight excluding hydrogens is 252 g/mol. The maximum Gasteiger partial charge on any atom is 0.243 e. The molecule has 0 saturated carbocycles. The summed E-state index contributed by atoms with van der Waals surface area (Å²) in [4.78, 5) is 11.2. The summed E-state index contributed by atoms with van der Waals surface area (Å²) in [5.74, 6) is 0.00221. The van der Waals surface area contributed by atoms with Crippen molar-refractivity contribution >= 4 is 15.9 Å². The van der Waals surface area contributed by atoms with Crippen molar-refractivity contribution in [3.05, 3.63) is 29.8 Å². The Hall–Kier alpha value is -1.40. The van der Waals surface area contributed by atoms with Crippen LogP contribution < -0.4 is 5.32 Å². The van der Waals surface area contributed by atoms with E-state index in [4.69, 9.17) is 0 Å². The van der Waals surface area contributed by atoms with E-state index in [-0.39, 0.29) is 11.4 Å². The lowest BCUT2D eigenvalue weighted by Crippen LogP contribution is -2.78. The Bertz CT molecular complexity index is 591.